The highest BCUT2D eigenvalue weighted by atomic mass is 16.3. The number of imidazole rings is 1. The van der Waals surface area contributed by atoms with E-state index in [-0.39, 0.29) is 6.61 Å². The number of anilines is 1. The van der Waals surface area contributed by atoms with E-state index in [0.717, 1.165) is 22.9 Å². The Labute approximate surface area is 146 Å². The lowest BCUT2D eigenvalue weighted by Crippen LogP contribution is -2.15. The number of aromatic nitrogens is 3. The molecule has 0 unspecified atom stereocenters. The molecule has 1 saturated carbocycles. The van der Waals surface area contributed by atoms with E-state index in [1.54, 1.807) is 6.20 Å². The Morgan fingerprint density at radius 1 is 1.32 bits per heavy atom. The van der Waals surface area contributed by atoms with Gasteiger partial charge in [-0.05, 0) is 36.6 Å². The van der Waals surface area contributed by atoms with Gasteiger partial charge in [0.2, 0.25) is 0 Å². The molecule has 3 aromatic heterocycles. The molecule has 0 aliphatic heterocycles. The number of aliphatic hydroxyl groups is 1. The van der Waals surface area contributed by atoms with Crippen LogP contribution in [0.25, 0.3) is 17.0 Å². The number of nitrogens with one attached hydrogen (secondary N) is 1. The Bertz CT molecular complexity index is 948. The van der Waals surface area contributed by atoms with Gasteiger partial charge in [-0.3, -0.25) is 4.40 Å². The third kappa shape index (κ3) is 2.97. The summed E-state index contributed by atoms with van der Waals surface area (Å²) in [4.78, 5) is 9.19. The molecule has 0 radical (unpaired) electrons. The number of rotatable bonds is 4. The molecule has 1 aliphatic rings. The van der Waals surface area contributed by atoms with Gasteiger partial charge in [-0.25, -0.2) is 9.97 Å². The molecule has 0 atom stereocenters. The first kappa shape index (κ1) is 15.7. The number of terminal acetylenes is 1. The average molecular weight is 332 g/mol. The van der Waals surface area contributed by atoms with Crippen LogP contribution in [-0.4, -0.2) is 25.5 Å². The molecule has 0 spiro atoms. The number of aliphatic hydroxyl groups excluding tert-OH is 1. The lowest BCUT2D eigenvalue weighted by Gasteiger charge is -2.13. The zero-order chi connectivity index (χ0) is 17.2. The summed E-state index contributed by atoms with van der Waals surface area (Å²) < 4.78 is 1.93. The third-order valence-electron chi connectivity index (χ3n) is 4.78. The average Bonchev–Trinajstić information content (AvgIpc) is 3.29. The molecule has 1 fully saturated rings. The molecular formula is C20H20N4O. The van der Waals surface area contributed by atoms with Crippen molar-refractivity contribution < 1.29 is 5.11 Å². The molecule has 5 nitrogen and oxygen atoms in total. The molecule has 4 rings (SSSR count). The second-order valence-electron chi connectivity index (χ2n) is 6.42. The van der Waals surface area contributed by atoms with Crippen LogP contribution in [0.3, 0.4) is 0 Å². The van der Waals surface area contributed by atoms with Crippen LogP contribution in [0.15, 0.2) is 36.7 Å². The maximum absolute atomic E-state index is 9.45. The molecule has 1 aliphatic carbocycles. The second-order valence-corrected chi connectivity index (χ2v) is 6.42. The number of hydrogen-bond acceptors (Lipinski definition) is 4. The zero-order valence-electron chi connectivity index (χ0n) is 13.9. The Morgan fingerprint density at radius 3 is 2.92 bits per heavy atom. The van der Waals surface area contributed by atoms with Gasteiger partial charge >= 0.3 is 0 Å². The first-order valence-corrected chi connectivity index (χ1v) is 8.60. The Kier molecular flexibility index (Phi) is 4.12. The summed E-state index contributed by atoms with van der Waals surface area (Å²) in [6.07, 6.45) is 14.2. The van der Waals surface area contributed by atoms with Crippen molar-refractivity contribution in [3.8, 4) is 23.7 Å². The number of pyridine rings is 2. The van der Waals surface area contributed by atoms with Gasteiger partial charge in [0.15, 0.2) is 0 Å². The fourth-order valence-electron chi connectivity index (χ4n) is 3.45. The highest BCUT2D eigenvalue weighted by Gasteiger charge is 2.16. The summed E-state index contributed by atoms with van der Waals surface area (Å²) in [6, 6.07) is 8.31. The number of nitrogens with zero attached hydrogens (tertiary/aromatic N) is 3. The van der Waals surface area contributed by atoms with Crippen molar-refractivity contribution in [3.63, 3.8) is 0 Å². The maximum Gasteiger partial charge on any atom is 0.137 e. The van der Waals surface area contributed by atoms with Gasteiger partial charge in [0.25, 0.3) is 0 Å². The first-order chi connectivity index (χ1) is 12.3. The molecule has 0 amide bonds. The van der Waals surface area contributed by atoms with Crippen LogP contribution < -0.4 is 5.32 Å². The SMILES string of the molecule is C#Cc1cn2c(-c3cccc(NC4CCCC4)n3)cnc2cc1CO. The van der Waals surface area contributed by atoms with Crippen LogP contribution in [0.4, 0.5) is 5.82 Å². The van der Waals surface area contributed by atoms with Crippen LogP contribution in [0.2, 0.25) is 0 Å². The van der Waals surface area contributed by atoms with E-state index in [0.29, 0.717) is 17.2 Å². The van der Waals surface area contributed by atoms with Crippen molar-refractivity contribution in [2.75, 3.05) is 5.32 Å². The third-order valence-corrected chi connectivity index (χ3v) is 4.78. The van der Waals surface area contributed by atoms with E-state index in [4.69, 9.17) is 11.4 Å². The zero-order valence-corrected chi connectivity index (χ0v) is 13.9. The van der Waals surface area contributed by atoms with E-state index < -0.39 is 0 Å². The van der Waals surface area contributed by atoms with E-state index in [1.807, 2.05) is 34.9 Å². The van der Waals surface area contributed by atoms with Gasteiger partial charge < -0.3 is 10.4 Å². The fourth-order valence-corrected chi connectivity index (χ4v) is 3.45. The quantitative estimate of drug-likeness (QED) is 0.720. The predicted molar refractivity (Wildman–Crippen MR) is 98.2 cm³/mol. The van der Waals surface area contributed by atoms with Crippen molar-refractivity contribution in [1.82, 2.24) is 14.4 Å². The minimum Gasteiger partial charge on any atom is -0.392 e. The van der Waals surface area contributed by atoms with Crippen LogP contribution >= 0.6 is 0 Å². The van der Waals surface area contributed by atoms with Gasteiger partial charge in [0.1, 0.15) is 11.5 Å². The van der Waals surface area contributed by atoms with Crippen molar-refractivity contribution in [2.24, 2.45) is 0 Å². The van der Waals surface area contributed by atoms with Gasteiger partial charge in [-0.15, -0.1) is 6.42 Å². The lowest BCUT2D eigenvalue weighted by atomic mass is 10.1. The van der Waals surface area contributed by atoms with E-state index in [9.17, 15) is 5.11 Å². The Hall–Kier alpha value is -2.84. The summed E-state index contributed by atoms with van der Waals surface area (Å²) in [6.45, 7) is -0.0999. The molecule has 0 bridgehead atoms. The second kappa shape index (κ2) is 6.58. The molecule has 0 saturated heterocycles. The Balaban J connectivity index is 1.73. The molecule has 25 heavy (non-hydrogen) atoms. The minimum atomic E-state index is -0.0999. The van der Waals surface area contributed by atoms with Crippen LogP contribution in [0.5, 0.6) is 0 Å². The molecule has 5 heteroatoms. The van der Waals surface area contributed by atoms with Crippen LogP contribution in [0.1, 0.15) is 36.8 Å². The van der Waals surface area contributed by atoms with Gasteiger partial charge in [-0.1, -0.05) is 24.8 Å². The highest BCUT2D eigenvalue weighted by Crippen LogP contribution is 2.25. The van der Waals surface area contributed by atoms with Crippen molar-refractivity contribution in [3.05, 3.63) is 47.8 Å². The predicted octanol–water partition coefficient (Wildman–Crippen LogP) is 3.22. The largest absolute Gasteiger partial charge is 0.392 e. The van der Waals surface area contributed by atoms with Crippen LogP contribution in [-0.2, 0) is 6.61 Å². The van der Waals surface area contributed by atoms with E-state index in [1.165, 1.54) is 25.7 Å². The standard InChI is InChI=1S/C20H20N4O/c1-2-14-12-24-18(11-21-20(24)10-15(14)13-25)17-8-5-9-19(23-17)22-16-6-3-4-7-16/h1,5,8-12,16,25H,3-4,6-7,13H2,(H,22,23). The molecular weight excluding hydrogens is 312 g/mol. The summed E-state index contributed by atoms with van der Waals surface area (Å²) in [5.41, 5.74) is 3.83. The number of fused-ring (bicyclic) bond motifs is 1. The summed E-state index contributed by atoms with van der Waals surface area (Å²) in [5, 5.41) is 13.0. The number of hydrogen-bond donors (Lipinski definition) is 2. The fraction of sp³-hybridized carbons (Fsp3) is 0.300. The summed E-state index contributed by atoms with van der Waals surface area (Å²) in [5.74, 6) is 3.52. The molecule has 126 valence electrons. The lowest BCUT2D eigenvalue weighted by molar-refractivity contribution is 0.281. The van der Waals surface area contributed by atoms with Gasteiger partial charge in [0.05, 0.1) is 24.2 Å². The van der Waals surface area contributed by atoms with Crippen molar-refractivity contribution in [2.45, 2.75) is 38.3 Å². The highest BCUT2D eigenvalue weighted by molar-refractivity contribution is 5.63. The molecule has 2 N–H and O–H groups in total. The summed E-state index contributed by atoms with van der Waals surface area (Å²) in [7, 11) is 0. The van der Waals surface area contributed by atoms with E-state index >= 15 is 0 Å². The topological polar surface area (TPSA) is 62.5 Å². The first-order valence-electron chi connectivity index (χ1n) is 8.60. The minimum absolute atomic E-state index is 0.0999. The molecule has 0 aromatic carbocycles. The van der Waals surface area contributed by atoms with Crippen LogP contribution in [0, 0.1) is 12.3 Å². The smallest absolute Gasteiger partial charge is 0.137 e. The summed E-state index contributed by atoms with van der Waals surface area (Å²) >= 11 is 0. The Morgan fingerprint density at radius 2 is 2.16 bits per heavy atom. The van der Waals surface area contributed by atoms with Gasteiger partial charge in [0, 0.05) is 17.8 Å². The van der Waals surface area contributed by atoms with E-state index in [2.05, 4.69) is 16.2 Å². The van der Waals surface area contributed by atoms with Crippen molar-refractivity contribution >= 4 is 11.5 Å². The maximum atomic E-state index is 9.45. The molecule has 3 heterocycles. The molecule has 3 aromatic rings. The van der Waals surface area contributed by atoms with Crippen molar-refractivity contribution in [1.29, 1.82) is 0 Å². The normalized spacial score (nSPS) is 14.7. The monoisotopic (exact) mass is 332 g/mol. The van der Waals surface area contributed by atoms with Gasteiger partial charge in [-0.2, -0.15) is 0 Å².